The molecular weight excluding hydrogens is 344 g/mol. The molecule has 0 fully saturated rings. The van der Waals surface area contributed by atoms with Crippen molar-refractivity contribution in [3.63, 3.8) is 0 Å². The summed E-state index contributed by atoms with van der Waals surface area (Å²) in [5.74, 6) is 0.611. The highest BCUT2D eigenvalue weighted by molar-refractivity contribution is 7.09. The lowest BCUT2D eigenvalue weighted by Crippen LogP contribution is -2.15. The minimum Gasteiger partial charge on any atom is -0.491 e. The number of carbonyl (C=O) groups excluding carboxylic acids is 1. The predicted octanol–water partition coefficient (Wildman–Crippen LogP) is 4.70. The largest absolute Gasteiger partial charge is 0.491 e. The molecule has 0 aliphatic carbocycles. The van der Waals surface area contributed by atoms with E-state index in [0.717, 1.165) is 23.5 Å². The number of rotatable bonds is 8. The molecule has 0 atom stereocenters. The molecule has 1 N–H and O–H groups in total. The van der Waals surface area contributed by atoms with Gasteiger partial charge in [-0.1, -0.05) is 49.4 Å². The molecule has 0 saturated carbocycles. The number of benzene rings is 2. The Bertz CT molecular complexity index is 846. The topological polar surface area (TPSA) is 51.2 Å². The third-order valence-electron chi connectivity index (χ3n) is 3.76. The molecule has 5 heteroatoms. The number of nitrogens with zero attached hydrogens (tertiary/aromatic N) is 1. The molecule has 134 valence electrons. The molecular formula is C21H22N2O2S. The molecule has 0 aliphatic heterocycles. The van der Waals surface area contributed by atoms with Crippen LogP contribution in [0.1, 0.15) is 29.6 Å². The number of aromatic nitrogens is 1. The van der Waals surface area contributed by atoms with Crippen LogP contribution in [-0.4, -0.2) is 17.5 Å². The Balaban J connectivity index is 1.59. The van der Waals surface area contributed by atoms with Crippen LogP contribution in [0.25, 0.3) is 0 Å². The van der Waals surface area contributed by atoms with Crippen molar-refractivity contribution in [3.05, 3.63) is 76.2 Å². The van der Waals surface area contributed by atoms with E-state index < -0.39 is 0 Å². The molecule has 0 radical (unpaired) electrons. The van der Waals surface area contributed by atoms with Crippen LogP contribution in [0.3, 0.4) is 0 Å². The fourth-order valence-electron chi connectivity index (χ4n) is 2.55. The van der Waals surface area contributed by atoms with Gasteiger partial charge in [0, 0.05) is 11.8 Å². The first-order chi connectivity index (χ1) is 12.7. The van der Waals surface area contributed by atoms with E-state index >= 15 is 0 Å². The number of hydrogen-bond donors (Lipinski definition) is 1. The molecule has 26 heavy (non-hydrogen) atoms. The molecule has 0 spiro atoms. The first kappa shape index (κ1) is 18.1. The van der Waals surface area contributed by atoms with Gasteiger partial charge in [-0.3, -0.25) is 4.79 Å². The van der Waals surface area contributed by atoms with Crippen LogP contribution in [0.5, 0.6) is 5.75 Å². The first-order valence-corrected chi connectivity index (χ1v) is 9.61. The number of amides is 1. The predicted molar refractivity (Wildman–Crippen MR) is 106 cm³/mol. The molecule has 2 aromatic carbocycles. The maximum atomic E-state index is 12.4. The third-order valence-corrected chi connectivity index (χ3v) is 4.66. The van der Waals surface area contributed by atoms with Gasteiger partial charge in [0.1, 0.15) is 5.75 Å². The fraction of sp³-hybridized carbons (Fsp3) is 0.238. The van der Waals surface area contributed by atoms with Crippen LogP contribution in [-0.2, 0) is 17.6 Å². The average molecular weight is 366 g/mol. The second-order valence-corrected chi connectivity index (χ2v) is 6.91. The monoisotopic (exact) mass is 366 g/mol. The fourth-order valence-corrected chi connectivity index (χ4v) is 3.38. The van der Waals surface area contributed by atoms with E-state index in [1.165, 1.54) is 5.56 Å². The maximum Gasteiger partial charge on any atom is 0.230 e. The highest BCUT2D eigenvalue weighted by Gasteiger charge is 2.11. The van der Waals surface area contributed by atoms with Gasteiger partial charge < -0.3 is 10.1 Å². The summed E-state index contributed by atoms with van der Waals surface area (Å²) in [6.07, 6.45) is 1.97. The molecule has 0 aliphatic rings. The normalized spacial score (nSPS) is 10.5. The van der Waals surface area contributed by atoms with E-state index in [1.54, 1.807) is 11.3 Å². The van der Waals surface area contributed by atoms with Gasteiger partial charge in [-0.05, 0) is 24.1 Å². The van der Waals surface area contributed by atoms with Gasteiger partial charge in [0.2, 0.25) is 5.91 Å². The Labute approximate surface area is 157 Å². The number of carbonyl (C=O) groups is 1. The molecule has 3 rings (SSSR count). The zero-order valence-electron chi connectivity index (χ0n) is 14.8. The standard InChI is InChI=1S/C21H22N2O2S/c1-2-12-25-19-11-7-6-10-18(19)23-20(24)14-17-15-26-21(22-17)13-16-8-4-3-5-9-16/h3-11,15H,2,12-14H2,1H3,(H,23,24). The number of thiazole rings is 1. The second kappa shape index (κ2) is 9.15. The molecule has 1 aromatic heterocycles. The third kappa shape index (κ3) is 5.17. The van der Waals surface area contributed by atoms with Crippen LogP contribution in [0.15, 0.2) is 60.0 Å². The van der Waals surface area contributed by atoms with Gasteiger partial charge in [-0.25, -0.2) is 4.98 Å². The van der Waals surface area contributed by atoms with Crippen molar-refractivity contribution < 1.29 is 9.53 Å². The molecule has 0 bridgehead atoms. The summed E-state index contributed by atoms with van der Waals surface area (Å²) in [7, 11) is 0. The Morgan fingerprint density at radius 1 is 1.12 bits per heavy atom. The summed E-state index contributed by atoms with van der Waals surface area (Å²) >= 11 is 1.59. The highest BCUT2D eigenvalue weighted by Crippen LogP contribution is 2.24. The van der Waals surface area contributed by atoms with Gasteiger partial charge in [0.05, 0.1) is 29.4 Å². The van der Waals surface area contributed by atoms with E-state index in [-0.39, 0.29) is 12.3 Å². The van der Waals surface area contributed by atoms with Gasteiger partial charge in [-0.2, -0.15) is 0 Å². The minimum atomic E-state index is -0.0888. The van der Waals surface area contributed by atoms with Crippen molar-refractivity contribution in [3.8, 4) is 5.75 Å². The second-order valence-electron chi connectivity index (χ2n) is 5.96. The highest BCUT2D eigenvalue weighted by atomic mass is 32.1. The van der Waals surface area contributed by atoms with E-state index in [9.17, 15) is 4.79 Å². The van der Waals surface area contributed by atoms with Crippen LogP contribution in [0.4, 0.5) is 5.69 Å². The van der Waals surface area contributed by atoms with Gasteiger partial charge in [-0.15, -0.1) is 11.3 Å². The maximum absolute atomic E-state index is 12.4. The lowest BCUT2D eigenvalue weighted by molar-refractivity contribution is -0.115. The molecule has 4 nitrogen and oxygen atoms in total. The Morgan fingerprint density at radius 3 is 2.69 bits per heavy atom. The molecule has 3 aromatic rings. The number of nitrogens with one attached hydrogen (secondary N) is 1. The van der Waals surface area contributed by atoms with Crippen molar-refractivity contribution in [1.82, 2.24) is 4.98 Å². The zero-order chi connectivity index (χ0) is 18.2. The van der Waals surface area contributed by atoms with Crippen LogP contribution >= 0.6 is 11.3 Å². The van der Waals surface area contributed by atoms with Gasteiger partial charge in [0.15, 0.2) is 0 Å². The summed E-state index contributed by atoms with van der Waals surface area (Å²) < 4.78 is 5.68. The molecule has 1 heterocycles. The number of para-hydroxylation sites is 2. The van der Waals surface area contributed by atoms with Crippen molar-refractivity contribution in [2.75, 3.05) is 11.9 Å². The summed E-state index contributed by atoms with van der Waals surface area (Å²) in [4.78, 5) is 17.0. The summed E-state index contributed by atoms with van der Waals surface area (Å²) in [5.41, 5.74) is 2.72. The number of ether oxygens (including phenoxy) is 1. The number of anilines is 1. The van der Waals surface area contributed by atoms with Crippen LogP contribution in [0, 0.1) is 0 Å². The van der Waals surface area contributed by atoms with Gasteiger partial charge >= 0.3 is 0 Å². The SMILES string of the molecule is CCCOc1ccccc1NC(=O)Cc1csc(Cc2ccccc2)n1. The van der Waals surface area contributed by atoms with Crippen molar-refractivity contribution in [2.24, 2.45) is 0 Å². The summed E-state index contributed by atoms with van der Waals surface area (Å²) in [5, 5.41) is 5.90. The number of hydrogen-bond acceptors (Lipinski definition) is 4. The molecule has 0 unspecified atom stereocenters. The molecule has 0 saturated heterocycles. The van der Waals surface area contributed by atoms with Crippen LogP contribution < -0.4 is 10.1 Å². The summed E-state index contributed by atoms with van der Waals surface area (Å²) in [6, 6.07) is 17.7. The van der Waals surface area contributed by atoms with E-state index in [4.69, 9.17) is 4.74 Å². The Hall–Kier alpha value is -2.66. The lowest BCUT2D eigenvalue weighted by atomic mass is 10.2. The average Bonchev–Trinajstić information content (AvgIpc) is 3.08. The van der Waals surface area contributed by atoms with E-state index in [2.05, 4.69) is 29.4 Å². The van der Waals surface area contributed by atoms with Crippen molar-refractivity contribution >= 4 is 22.9 Å². The first-order valence-electron chi connectivity index (χ1n) is 8.73. The van der Waals surface area contributed by atoms with Crippen molar-refractivity contribution in [2.45, 2.75) is 26.2 Å². The lowest BCUT2D eigenvalue weighted by Gasteiger charge is -2.11. The van der Waals surface area contributed by atoms with Gasteiger partial charge in [0.25, 0.3) is 0 Å². The van der Waals surface area contributed by atoms with Crippen LogP contribution in [0.2, 0.25) is 0 Å². The Kier molecular flexibility index (Phi) is 6.39. The quantitative estimate of drug-likeness (QED) is 0.628. The minimum absolute atomic E-state index is 0.0888. The smallest absolute Gasteiger partial charge is 0.230 e. The Morgan fingerprint density at radius 2 is 1.88 bits per heavy atom. The van der Waals surface area contributed by atoms with E-state index in [0.29, 0.717) is 18.0 Å². The van der Waals surface area contributed by atoms with Crippen molar-refractivity contribution in [1.29, 1.82) is 0 Å². The molecule has 1 amide bonds. The zero-order valence-corrected chi connectivity index (χ0v) is 15.6. The van der Waals surface area contributed by atoms with E-state index in [1.807, 2.05) is 47.8 Å². The summed E-state index contributed by atoms with van der Waals surface area (Å²) in [6.45, 7) is 2.68.